The summed E-state index contributed by atoms with van der Waals surface area (Å²) >= 11 is 20.4. The second-order valence-corrected chi connectivity index (χ2v) is 5.73. The lowest BCUT2D eigenvalue weighted by Gasteiger charge is -2.13. The van der Waals surface area contributed by atoms with E-state index in [0.717, 1.165) is 0 Å². The number of aliphatic hydroxyl groups is 1. The molecule has 0 aliphatic rings. The molecule has 0 saturated heterocycles. The second-order valence-electron chi connectivity index (χ2n) is 4.15. The fraction of sp³-hybridized carbons (Fsp3) is 0.308. The third-order valence-electron chi connectivity index (χ3n) is 2.16. The third kappa shape index (κ3) is 8.99. The van der Waals surface area contributed by atoms with Crippen LogP contribution in [0.2, 0.25) is 10.0 Å². The Hall–Kier alpha value is -1.15. The third-order valence-corrected chi connectivity index (χ3v) is 3.38. The molecule has 0 aliphatic heterocycles. The van der Waals surface area contributed by atoms with Crippen molar-refractivity contribution in [2.75, 3.05) is 20.7 Å². The van der Waals surface area contributed by atoms with Crippen LogP contribution in [0.1, 0.15) is 16.8 Å². The normalized spacial score (nSPS) is 9.27. The molecule has 122 valence electrons. The minimum atomic E-state index is -0.500. The van der Waals surface area contributed by atoms with E-state index in [4.69, 9.17) is 45.3 Å². The van der Waals surface area contributed by atoms with Gasteiger partial charge in [0.05, 0.1) is 16.7 Å². The fourth-order valence-electron chi connectivity index (χ4n) is 1.17. The number of rotatable bonds is 4. The zero-order valence-electron chi connectivity index (χ0n) is 12.0. The first-order valence-electron chi connectivity index (χ1n) is 5.96. The van der Waals surface area contributed by atoms with Crippen LogP contribution in [0, 0.1) is 0 Å². The number of nitrogens with zero attached hydrogens (tertiary/aromatic N) is 1. The van der Waals surface area contributed by atoms with Crippen LogP contribution in [-0.4, -0.2) is 46.8 Å². The van der Waals surface area contributed by atoms with E-state index in [1.807, 2.05) is 0 Å². The summed E-state index contributed by atoms with van der Waals surface area (Å²) in [6.45, 7) is 0.246. The van der Waals surface area contributed by atoms with Gasteiger partial charge in [-0.2, -0.15) is 0 Å². The molecule has 1 rings (SSSR count). The van der Waals surface area contributed by atoms with Crippen molar-refractivity contribution in [2.24, 2.45) is 5.73 Å². The minimum absolute atomic E-state index is 0.0601. The van der Waals surface area contributed by atoms with Gasteiger partial charge in [-0.3, -0.25) is 4.79 Å². The van der Waals surface area contributed by atoms with Crippen LogP contribution in [-0.2, 0) is 4.74 Å². The van der Waals surface area contributed by atoms with Crippen molar-refractivity contribution < 1.29 is 14.6 Å². The quantitative estimate of drug-likeness (QED) is 0.611. The highest BCUT2D eigenvalue weighted by atomic mass is 35.5. The maximum Gasteiger partial charge on any atom is 0.258 e. The Kier molecular flexibility index (Phi) is 10.0. The first kappa shape index (κ1) is 20.9. The predicted octanol–water partition coefficient (Wildman–Crippen LogP) is 3.22. The van der Waals surface area contributed by atoms with Gasteiger partial charge in [0.25, 0.3) is 10.3 Å². The zero-order valence-corrected chi connectivity index (χ0v) is 15.2. The van der Waals surface area contributed by atoms with E-state index >= 15 is 0 Å². The van der Waals surface area contributed by atoms with Gasteiger partial charge in [-0.15, -0.1) is 0 Å². The van der Waals surface area contributed by atoms with Gasteiger partial charge >= 0.3 is 0 Å². The molecule has 0 fully saturated rings. The van der Waals surface area contributed by atoms with Gasteiger partial charge in [-0.25, -0.2) is 0 Å². The largest absolute Gasteiger partial charge is 0.487 e. The number of ether oxygens (including phenoxy) is 1. The molecular formula is C13H16Cl2N2O3S2. The molecule has 1 aromatic rings. The molecule has 9 heteroatoms. The second kappa shape index (κ2) is 10.6. The number of thiocarbonyl (C=S) groups is 2. The van der Waals surface area contributed by atoms with Gasteiger partial charge in [0.1, 0.15) is 0 Å². The number of carbonyl (C=O) groups is 1. The van der Waals surface area contributed by atoms with Crippen LogP contribution in [0.25, 0.3) is 0 Å². The number of ketones is 1. The molecule has 0 radical (unpaired) electrons. The maximum atomic E-state index is 11.8. The average Bonchev–Trinajstić information content (AvgIpc) is 2.40. The zero-order chi connectivity index (χ0) is 17.3. The topological polar surface area (TPSA) is 75.8 Å². The van der Waals surface area contributed by atoms with E-state index in [1.165, 1.54) is 0 Å². The van der Waals surface area contributed by atoms with E-state index in [-0.39, 0.29) is 18.8 Å². The minimum Gasteiger partial charge on any atom is -0.487 e. The highest BCUT2D eigenvalue weighted by molar-refractivity contribution is 7.80. The molecule has 1 aromatic carbocycles. The molecule has 0 unspecified atom stereocenters. The van der Waals surface area contributed by atoms with E-state index in [1.54, 1.807) is 37.2 Å². The molecule has 3 N–H and O–H groups in total. The van der Waals surface area contributed by atoms with Gasteiger partial charge < -0.3 is 20.5 Å². The Balaban J connectivity index is 0.000000980. The highest BCUT2D eigenvalue weighted by Gasteiger charge is 2.09. The van der Waals surface area contributed by atoms with Crippen molar-refractivity contribution in [3.8, 4) is 0 Å². The van der Waals surface area contributed by atoms with Gasteiger partial charge in [-0.1, -0.05) is 23.2 Å². The Labute approximate surface area is 149 Å². The Morgan fingerprint density at radius 2 is 1.86 bits per heavy atom. The number of nitrogens with two attached hydrogens (primary N) is 1. The highest BCUT2D eigenvalue weighted by Crippen LogP contribution is 2.23. The van der Waals surface area contributed by atoms with Crippen LogP contribution in [0.3, 0.4) is 0 Å². The van der Waals surface area contributed by atoms with Crippen LogP contribution in [0.5, 0.6) is 0 Å². The molecule has 0 aromatic heterocycles. The molecule has 0 heterocycles. The maximum absolute atomic E-state index is 11.8. The van der Waals surface area contributed by atoms with Gasteiger partial charge in [0.2, 0.25) is 0 Å². The Bertz CT molecular complexity index is 550. The Morgan fingerprint density at radius 3 is 2.32 bits per heavy atom. The van der Waals surface area contributed by atoms with E-state index in [0.29, 0.717) is 20.8 Å². The monoisotopic (exact) mass is 382 g/mol. The van der Waals surface area contributed by atoms with Crippen molar-refractivity contribution in [2.45, 2.75) is 6.42 Å². The summed E-state index contributed by atoms with van der Waals surface area (Å²) in [5.41, 5.74) is 4.92. The molecule has 0 saturated carbocycles. The number of benzene rings is 1. The van der Waals surface area contributed by atoms with Crippen LogP contribution in [0.15, 0.2) is 18.2 Å². The average molecular weight is 383 g/mol. The van der Waals surface area contributed by atoms with Gasteiger partial charge in [-0.05, 0) is 42.6 Å². The van der Waals surface area contributed by atoms with Gasteiger partial charge in [0.15, 0.2) is 5.78 Å². The predicted molar refractivity (Wildman–Crippen MR) is 97.1 cm³/mol. The standard InChI is InChI=1S/C12H13Cl2NO2S.CH3NOS/c1-15(2)12(18)17-6-5-11(16)8-3-4-9(13)10(14)7-8;2-1(3)4/h3-4,7H,5-6H2,1-2H3;(H3,2,3,4). The van der Waals surface area contributed by atoms with Crippen molar-refractivity contribution in [1.29, 1.82) is 0 Å². The van der Waals surface area contributed by atoms with E-state index < -0.39 is 5.17 Å². The summed E-state index contributed by atoms with van der Waals surface area (Å²) in [6.07, 6.45) is 0.242. The number of carbonyl (C=O) groups excluding carboxylic acids is 1. The SMILES string of the molecule is CN(C)C(=S)OCCC(=O)c1ccc(Cl)c(Cl)c1.NC(O)=S. The number of aliphatic hydroxyl groups excluding tert-OH is 1. The molecule has 22 heavy (non-hydrogen) atoms. The summed E-state index contributed by atoms with van der Waals surface area (Å²) in [6, 6.07) is 4.79. The van der Waals surface area contributed by atoms with Crippen molar-refractivity contribution in [3.63, 3.8) is 0 Å². The van der Waals surface area contributed by atoms with Crippen LogP contribution >= 0.6 is 47.6 Å². The fourth-order valence-corrected chi connectivity index (χ4v) is 1.56. The first-order valence-corrected chi connectivity index (χ1v) is 7.53. The lowest BCUT2D eigenvalue weighted by atomic mass is 10.1. The first-order chi connectivity index (χ1) is 10.1. The summed E-state index contributed by atoms with van der Waals surface area (Å²) < 4.78 is 5.23. The lowest BCUT2D eigenvalue weighted by Crippen LogP contribution is -2.23. The smallest absolute Gasteiger partial charge is 0.258 e. The van der Waals surface area contributed by atoms with Gasteiger partial charge in [0, 0.05) is 26.1 Å². The Morgan fingerprint density at radius 1 is 1.32 bits per heavy atom. The summed E-state index contributed by atoms with van der Waals surface area (Å²) in [7, 11) is 3.56. The number of hydrogen-bond donors (Lipinski definition) is 2. The molecule has 0 spiro atoms. The molecule has 5 nitrogen and oxygen atoms in total. The lowest BCUT2D eigenvalue weighted by molar-refractivity contribution is 0.0956. The molecule has 0 atom stereocenters. The van der Waals surface area contributed by atoms with E-state index in [9.17, 15) is 4.79 Å². The van der Waals surface area contributed by atoms with Crippen LogP contribution < -0.4 is 5.73 Å². The van der Waals surface area contributed by atoms with Crippen molar-refractivity contribution in [3.05, 3.63) is 33.8 Å². The molecular weight excluding hydrogens is 367 g/mol. The number of hydrogen-bond acceptors (Lipinski definition) is 4. The molecule has 0 amide bonds. The molecule has 0 bridgehead atoms. The summed E-state index contributed by atoms with van der Waals surface area (Å²) in [5, 5.41) is 8.22. The van der Waals surface area contributed by atoms with Crippen molar-refractivity contribution in [1.82, 2.24) is 4.90 Å². The molecule has 0 aliphatic carbocycles. The number of halogens is 2. The van der Waals surface area contributed by atoms with Crippen LogP contribution in [0.4, 0.5) is 0 Å². The number of Topliss-reactive ketones (excluding diaryl/α,β-unsaturated/α-hetero) is 1. The van der Waals surface area contributed by atoms with E-state index in [2.05, 4.69) is 18.0 Å². The van der Waals surface area contributed by atoms with Crippen molar-refractivity contribution >= 4 is 63.8 Å². The summed E-state index contributed by atoms with van der Waals surface area (Å²) in [4.78, 5) is 13.5. The summed E-state index contributed by atoms with van der Waals surface area (Å²) in [5.74, 6) is -0.0601.